The average molecular weight is 281 g/mol. The van der Waals surface area contributed by atoms with Crippen LogP contribution in [-0.2, 0) is 17.9 Å². The van der Waals surface area contributed by atoms with Gasteiger partial charge in [0.1, 0.15) is 0 Å². The second kappa shape index (κ2) is 7.41. The van der Waals surface area contributed by atoms with Crippen LogP contribution in [0.4, 0.5) is 0 Å². The largest absolute Gasteiger partial charge is 0.478 e. The van der Waals surface area contributed by atoms with Crippen molar-refractivity contribution in [2.75, 3.05) is 7.05 Å². The summed E-state index contributed by atoms with van der Waals surface area (Å²) < 4.78 is 0. The van der Waals surface area contributed by atoms with Gasteiger partial charge in [-0.2, -0.15) is 0 Å². The van der Waals surface area contributed by atoms with Gasteiger partial charge in [0.05, 0.1) is 0 Å². The lowest BCUT2D eigenvalue weighted by atomic mass is 10.1. The maximum Gasteiger partial charge on any atom is 0.328 e. The van der Waals surface area contributed by atoms with E-state index in [-0.39, 0.29) is 0 Å². The molecule has 0 spiro atoms. The lowest BCUT2D eigenvalue weighted by Gasteiger charge is -2.17. The minimum absolute atomic E-state index is 0.823. The topological polar surface area (TPSA) is 40.5 Å². The van der Waals surface area contributed by atoms with Crippen LogP contribution in [0.2, 0.25) is 0 Å². The molecule has 0 atom stereocenters. The standard InChI is InChI=1S/C18H19NO2/c1-19(13-16-6-3-2-4-7-16)14-17-9-5-8-15(12-17)10-11-18(20)21/h2-12H,13-14H2,1H3,(H,20,21). The molecule has 0 heterocycles. The second-order valence-electron chi connectivity index (χ2n) is 5.07. The summed E-state index contributed by atoms with van der Waals surface area (Å²) >= 11 is 0. The first kappa shape index (κ1) is 15.0. The van der Waals surface area contributed by atoms with Crippen LogP contribution in [0, 0.1) is 0 Å². The van der Waals surface area contributed by atoms with E-state index in [9.17, 15) is 4.79 Å². The van der Waals surface area contributed by atoms with Gasteiger partial charge in [-0.25, -0.2) is 4.79 Å². The van der Waals surface area contributed by atoms with Crippen molar-refractivity contribution < 1.29 is 9.90 Å². The molecular weight excluding hydrogens is 262 g/mol. The Balaban J connectivity index is 1.99. The van der Waals surface area contributed by atoms with Crippen molar-refractivity contribution in [2.24, 2.45) is 0 Å². The third-order valence-electron chi connectivity index (χ3n) is 3.12. The van der Waals surface area contributed by atoms with Crippen molar-refractivity contribution in [1.82, 2.24) is 4.90 Å². The zero-order valence-corrected chi connectivity index (χ0v) is 12.1. The highest BCUT2D eigenvalue weighted by Gasteiger charge is 2.02. The molecule has 0 radical (unpaired) electrons. The van der Waals surface area contributed by atoms with Crippen LogP contribution in [0.3, 0.4) is 0 Å². The fraction of sp³-hybridized carbons (Fsp3) is 0.167. The van der Waals surface area contributed by atoms with Gasteiger partial charge in [-0.1, -0.05) is 54.6 Å². The third kappa shape index (κ3) is 5.24. The number of rotatable bonds is 6. The highest BCUT2D eigenvalue weighted by molar-refractivity contribution is 5.85. The van der Waals surface area contributed by atoms with Crippen LogP contribution in [0.5, 0.6) is 0 Å². The molecule has 2 aromatic rings. The molecule has 0 unspecified atom stereocenters. The van der Waals surface area contributed by atoms with E-state index in [0.717, 1.165) is 24.7 Å². The molecule has 21 heavy (non-hydrogen) atoms. The van der Waals surface area contributed by atoms with E-state index in [1.54, 1.807) is 6.08 Å². The van der Waals surface area contributed by atoms with Crippen LogP contribution < -0.4 is 0 Å². The summed E-state index contributed by atoms with van der Waals surface area (Å²) in [6, 6.07) is 18.3. The number of carboxylic acids is 1. The van der Waals surface area contributed by atoms with Crippen LogP contribution in [0.15, 0.2) is 60.7 Å². The Kier molecular flexibility index (Phi) is 5.29. The predicted molar refractivity (Wildman–Crippen MR) is 84.7 cm³/mol. The first-order valence-electron chi connectivity index (χ1n) is 6.86. The van der Waals surface area contributed by atoms with Gasteiger partial charge in [-0.05, 0) is 29.8 Å². The molecule has 2 aromatic carbocycles. The normalized spacial score (nSPS) is 11.1. The minimum atomic E-state index is -0.929. The molecule has 108 valence electrons. The molecule has 2 rings (SSSR count). The molecule has 3 heteroatoms. The van der Waals surface area contributed by atoms with E-state index in [1.165, 1.54) is 11.1 Å². The Morgan fingerprint density at radius 2 is 1.71 bits per heavy atom. The summed E-state index contributed by atoms with van der Waals surface area (Å²) in [6.45, 7) is 1.71. The maximum absolute atomic E-state index is 10.5. The zero-order chi connectivity index (χ0) is 15.1. The molecule has 0 aliphatic rings. The van der Waals surface area contributed by atoms with Crippen molar-refractivity contribution in [3.8, 4) is 0 Å². The Labute approximate surface area is 125 Å². The van der Waals surface area contributed by atoms with Gasteiger partial charge in [0.2, 0.25) is 0 Å². The molecule has 3 nitrogen and oxygen atoms in total. The summed E-state index contributed by atoms with van der Waals surface area (Å²) in [5.74, 6) is -0.929. The monoisotopic (exact) mass is 281 g/mol. The van der Waals surface area contributed by atoms with Crippen molar-refractivity contribution in [3.63, 3.8) is 0 Å². The highest BCUT2D eigenvalue weighted by Crippen LogP contribution is 2.11. The molecular formula is C18H19NO2. The van der Waals surface area contributed by atoms with Crippen molar-refractivity contribution in [1.29, 1.82) is 0 Å². The predicted octanol–water partition coefficient (Wildman–Crippen LogP) is 3.42. The summed E-state index contributed by atoms with van der Waals surface area (Å²) in [5.41, 5.74) is 3.35. The Hall–Kier alpha value is -2.39. The molecule has 1 N–H and O–H groups in total. The third-order valence-corrected chi connectivity index (χ3v) is 3.12. The van der Waals surface area contributed by atoms with Crippen LogP contribution in [0.25, 0.3) is 6.08 Å². The van der Waals surface area contributed by atoms with Crippen LogP contribution in [0.1, 0.15) is 16.7 Å². The van der Waals surface area contributed by atoms with Crippen molar-refractivity contribution in [2.45, 2.75) is 13.1 Å². The summed E-state index contributed by atoms with van der Waals surface area (Å²) in [6.07, 6.45) is 2.77. The molecule has 0 fully saturated rings. The van der Waals surface area contributed by atoms with E-state index in [0.29, 0.717) is 0 Å². The van der Waals surface area contributed by atoms with E-state index >= 15 is 0 Å². The highest BCUT2D eigenvalue weighted by atomic mass is 16.4. The van der Waals surface area contributed by atoms with Gasteiger partial charge in [-0.15, -0.1) is 0 Å². The molecule has 0 amide bonds. The maximum atomic E-state index is 10.5. The van der Waals surface area contributed by atoms with E-state index in [2.05, 4.69) is 30.1 Å². The lowest BCUT2D eigenvalue weighted by molar-refractivity contribution is -0.131. The fourth-order valence-corrected chi connectivity index (χ4v) is 2.23. The molecule has 0 aliphatic heterocycles. The van der Waals surface area contributed by atoms with E-state index < -0.39 is 5.97 Å². The summed E-state index contributed by atoms with van der Waals surface area (Å²) in [7, 11) is 2.08. The van der Waals surface area contributed by atoms with Gasteiger partial charge in [0.25, 0.3) is 0 Å². The Bertz CT molecular complexity index is 620. The number of hydrogen-bond acceptors (Lipinski definition) is 2. The number of aliphatic carboxylic acids is 1. The first-order valence-corrected chi connectivity index (χ1v) is 6.86. The zero-order valence-electron chi connectivity index (χ0n) is 12.1. The quantitative estimate of drug-likeness (QED) is 0.825. The van der Waals surface area contributed by atoms with Crippen LogP contribution >= 0.6 is 0 Å². The second-order valence-corrected chi connectivity index (χ2v) is 5.07. The number of benzene rings is 2. The fourth-order valence-electron chi connectivity index (χ4n) is 2.23. The van der Waals surface area contributed by atoms with E-state index in [1.807, 2.05) is 36.4 Å². The average Bonchev–Trinajstić information content (AvgIpc) is 2.46. The minimum Gasteiger partial charge on any atom is -0.478 e. The van der Waals surface area contributed by atoms with Gasteiger partial charge in [-0.3, -0.25) is 4.90 Å². The van der Waals surface area contributed by atoms with Gasteiger partial charge in [0.15, 0.2) is 0 Å². The van der Waals surface area contributed by atoms with E-state index in [4.69, 9.17) is 5.11 Å². The van der Waals surface area contributed by atoms with Crippen LogP contribution in [-0.4, -0.2) is 23.0 Å². The molecule has 0 aliphatic carbocycles. The molecule has 0 bridgehead atoms. The smallest absolute Gasteiger partial charge is 0.328 e. The van der Waals surface area contributed by atoms with Gasteiger partial charge in [0, 0.05) is 19.2 Å². The lowest BCUT2D eigenvalue weighted by Crippen LogP contribution is -2.17. The van der Waals surface area contributed by atoms with Gasteiger partial charge >= 0.3 is 5.97 Å². The summed E-state index contributed by atoms with van der Waals surface area (Å²) in [4.78, 5) is 12.8. The summed E-state index contributed by atoms with van der Waals surface area (Å²) in [5, 5.41) is 8.66. The van der Waals surface area contributed by atoms with Crippen molar-refractivity contribution in [3.05, 3.63) is 77.4 Å². The Morgan fingerprint density at radius 1 is 1.05 bits per heavy atom. The number of carbonyl (C=O) groups is 1. The number of hydrogen-bond donors (Lipinski definition) is 1. The van der Waals surface area contributed by atoms with Gasteiger partial charge < -0.3 is 5.11 Å². The SMILES string of the molecule is CN(Cc1ccccc1)Cc1cccc(C=CC(=O)O)c1. The first-order chi connectivity index (χ1) is 10.1. The molecule has 0 saturated carbocycles. The number of carboxylic acid groups (broad SMARTS) is 1. The Morgan fingerprint density at radius 3 is 2.43 bits per heavy atom. The van der Waals surface area contributed by atoms with Crippen molar-refractivity contribution >= 4 is 12.0 Å². The number of nitrogens with zero attached hydrogens (tertiary/aromatic N) is 1. The molecule has 0 aromatic heterocycles. The molecule has 0 saturated heterocycles.